The van der Waals surface area contributed by atoms with Crippen LogP contribution in [0.2, 0.25) is 5.02 Å². The molecule has 1 N–H and O–H groups in total. The molecule has 0 unspecified atom stereocenters. The molecular formula is C15H23ClN2O2. The van der Waals surface area contributed by atoms with Gasteiger partial charge in [0.05, 0.1) is 5.02 Å². The van der Waals surface area contributed by atoms with Gasteiger partial charge in [0.15, 0.2) is 0 Å². The van der Waals surface area contributed by atoms with Crippen molar-refractivity contribution in [3.63, 3.8) is 0 Å². The lowest BCUT2D eigenvalue weighted by atomic mass is 10.3. The summed E-state index contributed by atoms with van der Waals surface area (Å²) in [5.74, 6) is 0.760. The molecule has 1 aromatic rings. The standard InChI is InChI=1S/C15H23ClN2O2/c16-14-4-1-2-5-15(14)20-13-11-18-9-7-17(8-10-18)6-3-12-19/h1-2,4-5,19H,3,6-13H2. The normalized spacial score (nSPS) is 17.3. The second-order valence-corrected chi connectivity index (χ2v) is 5.45. The minimum Gasteiger partial charge on any atom is -0.491 e. The lowest BCUT2D eigenvalue weighted by Crippen LogP contribution is -2.47. The third kappa shape index (κ3) is 4.94. The second-order valence-electron chi connectivity index (χ2n) is 5.04. The number of halogens is 1. The van der Waals surface area contributed by atoms with Crippen LogP contribution < -0.4 is 4.74 Å². The molecular weight excluding hydrogens is 276 g/mol. The van der Waals surface area contributed by atoms with Crippen molar-refractivity contribution in [2.45, 2.75) is 6.42 Å². The van der Waals surface area contributed by atoms with Gasteiger partial charge < -0.3 is 14.7 Å². The van der Waals surface area contributed by atoms with E-state index in [0.717, 1.165) is 51.4 Å². The molecule has 0 aromatic heterocycles. The van der Waals surface area contributed by atoms with E-state index in [4.69, 9.17) is 21.4 Å². The van der Waals surface area contributed by atoms with Crippen LogP contribution in [0.15, 0.2) is 24.3 Å². The van der Waals surface area contributed by atoms with E-state index in [9.17, 15) is 0 Å². The van der Waals surface area contributed by atoms with Gasteiger partial charge in [0.1, 0.15) is 12.4 Å². The largest absolute Gasteiger partial charge is 0.491 e. The molecule has 1 saturated heterocycles. The van der Waals surface area contributed by atoms with Crippen molar-refractivity contribution in [2.75, 3.05) is 52.5 Å². The summed E-state index contributed by atoms with van der Waals surface area (Å²) < 4.78 is 5.71. The number of aliphatic hydroxyl groups excluding tert-OH is 1. The summed E-state index contributed by atoms with van der Waals surface area (Å²) in [7, 11) is 0. The molecule has 0 bridgehead atoms. The Labute approximate surface area is 125 Å². The highest BCUT2D eigenvalue weighted by molar-refractivity contribution is 6.32. The van der Waals surface area contributed by atoms with E-state index in [1.165, 1.54) is 0 Å². The van der Waals surface area contributed by atoms with Crippen LogP contribution in [-0.2, 0) is 0 Å². The fourth-order valence-electron chi connectivity index (χ4n) is 2.38. The predicted octanol–water partition coefficient (Wildman–Crippen LogP) is 1.72. The van der Waals surface area contributed by atoms with Crippen molar-refractivity contribution >= 4 is 11.6 Å². The Kier molecular flexibility index (Phi) is 6.60. The molecule has 112 valence electrons. The van der Waals surface area contributed by atoms with E-state index >= 15 is 0 Å². The highest BCUT2D eigenvalue weighted by atomic mass is 35.5. The number of nitrogens with zero attached hydrogens (tertiary/aromatic N) is 2. The van der Waals surface area contributed by atoms with Crippen LogP contribution in [0.4, 0.5) is 0 Å². The van der Waals surface area contributed by atoms with Gasteiger partial charge in [-0.2, -0.15) is 0 Å². The zero-order chi connectivity index (χ0) is 14.2. The summed E-state index contributed by atoms with van der Waals surface area (Å²) in [5.41, 5.74) is 0. The molecule has 1 aromatic carbocycles. The summed E-state index contributed by atoms with van der Waals surface area (Å²) >= 11 is 6.05. The third-order valence-corrected chi connectivity index (χ3v) is 3.91. The van der Waals surface area contributed by atoms with Gasteiger partial charge in [-0.1, -0.05) is 23.7 Å². The first kappa shape index (κ1) is 15.6. The quantitative estimate of drug-likeness (QED) is 0.831. The topological polar surface area (TPSA) is 35.9 Å². The Bertz CT molecular complexity index is 395. The van der Waals surface area contributed by atoms with Gasteiger partial charge in [0.2, 0.25) is 0 Å². The first-order valence-electron chi connectivity index (χ1n) is 7.22. The number of benzene rings is 1. The minimum atomic E-state index is 0.284. The van der Waals surface area contributed by atoms with Gasteiger partial charge in [0.25, 0.3) is 0 Å². The van der Waals surface area contributed by atoms with Crippen molar-refractivity contribution in [2.24, 2.45) is 0 Å². The Morgan fingerprint density at radius 2 is 1.70 bits per heavy atom. The average molecular weight is 299 g/mol. The Morgan fingerprint density at radius 1 is 1.05 bits per heavy atom. The van der Waals surface area contributed by atoms with Gasteiger partial charge in [0, 0.05) is 45.9 Å². The van der Waals surface area contributed by atoms with Crippen LogP contribution >= 0.6 is 11.6 Å². The highest BCUT2D eigenvalue weighted by Gasteiger charge is 2.16. The Hall–Kier alpha value is -0.810. The van der Waals surface area contributed by atoms with E-state index in [1.807, 2.05) is 24.3 Å². The maximum Gasteiger partial charge on any atom is 0.137 e. The van der Waals surface area contributed by atoms with Gasteiger partial charge in [-0.15, -0.1) is 0 Å². The zero-order valence-corrected chi connectivity index (χ0v) is 12.6. The molecule has 1 aliphatic heterocycles. The third-order valence-electron chi connectivity index (χ3n) is 3.60. The molecule has 0 spiro atoms. The molecule has 0 radical (unpaired) electrons. The molecule has 5 heteroatoms. The lowest BCUT2D eigenvalue weighted by molar-refractivity contribution is 0.111. The van der Waals surface area contributed by atoms with Gasteiger partial charge >= 0.3 is 0 Å². The van der Waals surface area contributed by atoms with E-state index in [1.54, 1.807) is 0 Å². The number of ether oxygens (including phenoxy) is 1. The van der Waals surface area contributed by atoms with E-state index in [2.05, 4.69) is 9.80 Å². The van der Waals surface area contributed by atoms with Crippen molar-refractivity contribution in [1.82, 2.24) is 9.80 Å². The van der Waals surface area contributed by atoms with Crippen LogP contribution in [0.3, 0.4) is 0 Å². The summed E-state index contributed by atoms with van der Waals surface area (Å²) in [6, 6.07) is 7.58. The van der Waals surface area contributed by atoms with E-state index in [-0.39, 0.29) is 6.61 Å². The SMILES string of the molecule is OCCCN1CCN(CCOc2ccccc2Cl)CC1. The first-order chi connectivity index (χ1) is 9.79. The number of aliphatic hydroxyl groups is 1. The van der Waals surface area contributed by atoms with Crippen LogP contribution in [0.5, 0.6) is 5.75 Å². The maximum atomic E-state index is 8.83. The molecule has 0 atom stereocenters. The van der Waals surface area contributed by atoms with Crippen LogP contribution in [0, 0.1) is 0 Å². The number of hydrogen-bond donors (Lipinski definition) is 1. The summed E-state index contributed by atoms with van der Waals surface area (Å²) in [4.78, 5) is 4.81. The average Bonchev–Trinajstić information content (AvgIpc) is 2.48. The fourth-order valence-corrected chi connectivity index (χ4v) is 2.57. The molecule has 0 amide bonds. The number of rotatable bonds is 7. The molecule has 20 heavy (non-hydrogen) atoms. The van der Waals surface area contributed by atoms with Gasteiger partial charge in [-0.05, 0) is 18.6 Å². The summed E-state index contributed by atoms with van der Waals surface area (Å²) in [5, 5.41) is 9.50. The van der Waals surface area contributed by atoms with Crippen molar-refractivity contribution < 1.29 is 9.84 Å². The van der Waals surface area contributed by atoms with Crippen molar-refractivity contribution in [3.8, 4) is 5.75 Å². The fraction of sp³-hybridized carbons (Fsp3) is 0.600. The molecule has 1 aliphatic rings. The molecule has 0 aliphatic carbocycles. The monoisotopic (exact) mass is 298 g/mol. The van der Waals surface area contributed by atoms with Gasteiger partial charge in [-0.3, -0.25) is 4.90 Å². The van der Waals surface area contributed by atoms with Gasteiger partial charge in [-0.25, -0.2) is 0 Å². The Morgan fingerprint density at radius 3 is 2.35 bits per heavy atom. The van der Waals surface area contributed by atoms with E-state index in [0.29, 0.717) is 11.6 Å². The minimum absolute atomic E-state index is 0.284. The van der Waals surface area contributed by atoms with Crippen molar-refractivity contribution in [3.05, 3.63) is 29.3 Å². The molecule has 4 nitrogen and oxygen atoms in total. The predicted molar refractivity (Wildman–Crippen MR) is 81.5 cm³/mol. The van der Waals surface area contributed by atoms with E-state index < -0.39 is 0 Å². The molecule has 1 heterocycles. The second kappa shape index (κ2) is 8.47. The maximum absolute atomic E-state index is 8.83. The summed E-state index contributed by atoms with van der Waals surface area (Å²) in [6.45, 7) is 7.17. The molecule has 0 saturated carbocycles. The van der Waals surface area contributed by atoms with Crippen LogP contribution in [-0.4, -0.2) is 67.4 Å². The zero-order valence-electron chi connectivity index (χ0n) is 11.8. The number of para-hydroxylation sites is 1. The molecule has 1 fully saturated rings. The van der Waals surface area contributed by atoms with Crippen LogP contribution in [0.1, 0.15) is 6.42 Å². The van der Waals surface area contributed by atoms with Crippen molar-refractivity contribution in [1.29, 1.82) is 0 Å². The van der Waals surface area contributed by atoms with Crippen LogP contribution in [0.25, 0.3) is 0 Å². The lowest BCUT2D eigenvalue weighted by Gasteiger charge is -2.34. The number of hydrogen-bond acceptors (Lipinski definition) is 4. The highest BCUT2D eigenvalue weighted by Crippen LogP contribution is 2.22. The first-order valence-corrected chi connectivity index (χ1v) is 7.60. The smallest absolute Gasteiger partial charge is 0.137 e. The Balaban J connectivity index is 1.63. The summed E-state index contributed by atoms with van der Waals surface area (Å²) in [6.07, 6.45) is 0.871. The number of piperazine rings is 1. The molecule has 2 rings (SSSR count).